The zero-order valence-corrected chi connectivity index (χ0v) is 8.73. The molecule has 1 aromatic heterocycles. The lowest BCUT2D eigenvalue weighted by molar-refractivity contribution is 0.0985. The number of Topliss-reactive ketones (excluding diaryl/α,β-unsaturated/α-hetero) is 1. The van der Waals surface area contributed by atoms with Crippen molar-refractivity contribution in [2.24, 2.45) is 12.8 Å². The summed E-state index contributed by atoms with van der Waals surface area (Å²) >= 11 is 0. The molecular formula is C12H14N2O. The summed E-state index contributed by atoms with van der Waals surface area (Å²) in [5.74, 6) is 0.112. The van der Waals surface area contributed by atoms with Gasteiger partial charge in [-0.05, 0) is 24.1 Å². The zero-order chi connectivity index (χ0) is 10.8. The van der Waals surface area contributed by atoms with E-state index in [1.807, 2.05) is 42.1 Å². The molecule has 0 aliphatic heterocycles. The molecular weight excluding hydrogens is 188 g/mol. The molecule has 0 fully saturated rings. The van der Waals surface area contributed by atoms with Gasteiger partial charge in [0, 0.05) is 30.7 Å². The predicted octanol–water partition coefficient (Wildman–Crippen LogP) is 1.71. The third-order valence-corrected chi connectivity index (χ3v) is 2.58. The fourth-order valence-electron chi connectivity index (χ4n) is 1.71. The monoisotopic (exact) mass is 202 g/mol. The lowest BCUT2D eigenvalue weighted by atomic mass is 10.1. The van der Waals surface area contributed by atoms with Gasteiger partial charge in [-0.25, -0.2) is 0 Å². The number of nitrogens with two attached hydrogens (primary N) is 1. The lowest BCUT2D eigenvalue weighted by Crippen LogP contribution is -2.08. The Kier molecular flexibility index (Phi) is 2.56. The number of nitrogens with zero attached hydrogens (tertiary/aromatic N) is 1. The molecule has 0 spiro atoms. The minimum absolute atomic E-state index is 0.112. The molecule has 15 heavy (non-hydrogen) atoms. The second-order valence-electron chi connectivity index (χ2n) is 3.66. The molecule has 0 saturated carbocycles. The smallest absolute Gasteiger partial charge is 0.164 e. The van der Waals surface area contributed by atoms with Crippen LogP contribution in [0.15, 0.2) is 30.5 Å². The van der Waals surface area contributed by atoms with E-state index < -0.39 is 0 Å². The summed E-state index contributed by atoms with van der Waals surface area (Å²) in [5.41, 5.74) is 7.19. The second kappa shape index (κ2) is 3.87. The Bertz CT molecular complexity index is 499. The van der Waals surface area contributed by atoms with Crippen LogP contribution in [0.4, 0.5) is 0 Å². The van der Waals surface area contributed by atoms with Gasteiger partial charge in [0.2, 0.25) is 0 Å². The van der Waals surface area contributed by atoms with Gasteiger partial charge in [0.05, 0.1) is 0 Å². The van der Waals surface area contributed by atoms with E-state index in [4.69, 9.17) is 5.73 Å². The van der Waals surface area contributed by atoms with E-state index in [0.29, 0.717) is 13.0 Å². The van der Waals surface area contributed by atoms with Gasteiger partial charge in [0.25, 0.3) is 0 Å². The minimum atomic E-state index is 0.112. The largest absolute Gasteiger partial charge is 0.351 e. The SMILES string of the molecule is Cn1ccc2ccc(C(=O)CCN)cc21. The van der Waals surface area contributed by atoms with Crippen LogP contribution in [0.1, 0.15) is 16.8 Å². The van der Waals surface area contributed by atoms with Crippen molar-refractivity contribution in [3.63, 3.8) is 0 Å². The van der Waals surface area contributed by atoms with Gasteiger partial charge in [0.15, 0.2) is 5.78 Å². The molecule has 0 saturated heterocycles. The van der Waals surface area contributed by atoms with Crippen molar-refractivity contribution in [3.05, 3.63) is 36.0 Å². The third-order valence-electron chi connectivity index (χ3n) is 2.58. The number of ketones is 1. The predicted molar refractivity (Wildman–Crippen MR) is 60.9 cm³/mol. The van der Waals surface area contributed by atoms with Crippen LogP contribution in [-0.4, -0.2) is 16.9 Å². The molecule has 3 heteroatoms. The van der Waals surface area contributed by atoms with Crippen LogP contribution < -0.4 is 5.73 Å². The minimum Gasteiger partial charge on any atom is -0.351 e. The van der Waals surface area contributed by atoms with Crippen LogP contribution >= 0.6 is 0 Å². The van der Waals surface area contributed by atoms with Gasteiger partial charge in [0.1, 0.15) is 0 Å². The molecule has 0 aliphatic rings. The number of carbonyl (C=O) groups is 1. The standard InChI is InChI=1S/C12H14N2O/c1-14-7-5-9-2-3-10(8-11(9)14)12(15)4-6-13/h2-3,5,7-8H,4,6,13H2,1H3. The van der Waals surface area contributed by atoms with Crippen molar-refractivity contribution < 1.29 is 4.79 Å². The molecule has 2 aromatic rings. The summed E-state index contributed by atoms with van der Waals surface area (Å²) < 4.78 is 2.01. The van der Waals surface area contributed by atoms with Crippen LogP contribution in [0.2, 0.25) is 0 Å². The summed E-state index contributed by atoms with van der Waals surface area (Å²) in [5, 5.41) is 1.15. The lowest BCUT2D eigenvalue weighted by Gasteiger charge is -2.01. The molecule has 78 valence electrons. The normalized spacial score (nSPS) is 10.8. The van der Waals surface area contributed by atoms with Crippen molar-refractivity contribution in [3.8, 4) is 0 Å². The topological polar surface area (TPSA) is 48.0 Å². The molecule has 0 bridgehead atoms. The fraction of sp³-hybridized carbons (Fsp3) is 0.250. The number of benzene rings is 1. The van der Waals surface area contributed by atoms with Crippen molar-refractivity contribution in [1.82, 2.24) is 4.57 Å². The number of aromatic nitrogens is 1. The van der Waals surface area contributed by atoms with Gasteiger partial charge in [-0.3, -0.25) is 4.79 Å². The highest BCUT2D eigenvalue weighted by atomic mass is 16.1. The number of carbonyl (C=O) groups excluding carboxylic acids is 1. The molecule has 2 rings (SSSR count). The first-order valence-electron chi connectivity index (χ1n) is 5.00. The van der Waals surface area contributed by atoms with Gasteiger partial charge in [-0.1, -0.05) is 12.1 Å². The first-order chi connectivity index (χ1) is 7.22. The van der Waals surface area contributed by atoms with Gasteiger partial charge < -0.3 is 10.3 Å². The molecule has 1 heterocycles. The number of fused-ring (bicyclic) bond motifs is 1. The Hall–Kier alpha value is -1.61. The van der Waals surface area contributed by atoms with Crippen LogP contribution in [0.5, 0.6) is 0 Å². The Labute approximate surface area is 88.5 Å². The van der Waals surface area contributed by atoms with E-state index in [1.54, 1.807) is 0 Å². The van der Waals surface area contributed by atoms with E-state index in [0.717, 1.165) is 16.5 Å². The van der Waals surface area contributed by atoms with Gasteiger partial charge in [-0.15, -0.1) is 0 Å². The Morgan fingerprint density at radius 2 is 2.20 bits per heavy atom. The molecule has 1 aromatic carbocycles. The number of aryl methyl sites for hydroxylation is 1. The summed E-state index contributed by atoms with van der Waals surface area (Å²) in [6, 6.07) is 7.79. The summed E-state index contributed by atoms with van der Waals surface area (Å²) in [4.78, 5) is 11.6. The summed E-state index contributed by atoms with van der Waals surface area (Å²) in [7, 11) is 1.97. The van der Waals surface area contributed by atoms with Crippen LogP contribution in [0, 0.1) is 0 Å². The Balaban J connectivity index is 2.45. The maximum Gasteiger partial charge on any atom is 0.164 e. The molecule has 0 amide bonds. The maximum absolute atomic E-state index is 11.6. The van der Waals surface area contributed by atoms with E-state index in [9.17, 15) is 4.79 Å². The fourth-order valence-corrected chi connectivity index (χ4v) is 1.71. The van der Waals surface area contributed by atoms with E-state index >= 15 is 0 Å². The first kappa shape index (κ1) is 9.93. The highest BCUT2D eigenvalue weighted by molar-refractivity contribution is 5.99. The summed E-state index contributed by atoms with van der Waals surface area (Å²) in [6.07, 6.45) is 2.40. The highest BCUT2D eigenvalue weighted by Gasteiger charge is 2.06. The van der Waals surface area contributed by atoms with E-state index in [-0.39, 0.29) is 5.78 Å². The maximum atomic E-state index is 11.6. The van der Waals surface area contributed by atoms with E-state index in [2.05, 4.69) is 0 Å². The van der Waals surface area contributed by atoms with Crippen LogP contribution in [0.3, 0.4) is 0 Å². The zero-order valence-electron chi connectivity index (χ0n) is 8.73. The number of hydrogen-bond donors (Lipinski definition) is 1. The average molecular weight is 202 g/mol. The van der Waals surface area contributed by atoms with Crippen LogP contribution in [0.25, 0.3) is 10.9 Å². The molecule has 0 unspecified atom stereocenters. The second-order valence-corrected chi connectivity index (χ2v) is 3.66. The molecule has 2 N–H and O–H groups in total. The highest BCUT2D eigenvalue weighted by Crippen LogP contribution is 2.17. The molecule has 3 nitrogen and oxygen atoms in total. The number of hydrogen-bond acceptors (Lipinski definition) is 2. The third kappa shape index (κ3) is 1.78. The van der Waals surface area contributed by atoms with Crippen molar-refractivity contribution in [1.29, 1.82) is 0 Å². The molecule has 0 atom stereocenters. The van der Waals surface area contributed by atoms with Crippen molar-refractivity contribution >= 4 is 16.7 Å². The average Bonchev–Trinajstić information content (AvgIpc) is 2.60. The van der Waals surface area contributed by atoms with Crippen molar-refractivity contribution in [2.75, 3.05) is 6.54 Å². The van der Waals surface area contributed by atoms with E-state index in [1.165, 1.54) is 0 Å². The van der Waals surface area contributed by atoms with Crippen LogP contribution in [-0.2, 0) is 7.05 Å². The quantitative estimate of drug-likeness (QED) is 0.770. The van der Waals surface area contributed by atoms with Gasteiger partial charge in [-0.2, -0.15) is 0 Å². The summed E-state index contributed by atoms with van der Waals surface area (Å²) in [6.45, 7) is 0.407. The first-order valence-corrected chi connectivity index (χ1v) is 5.00. The molecule has 0 radical (unpaired) electrons. The Morgan fingerprint density at radius 3 is 2.93 bits per heavy atom. The Morgan fingerprint density at radius 1 is 1.40 bits per heavy atom. The van der Waals surface area contributed by atoms with Gasteiger partial charge >= 0.3 is 0 Å². The van der Waals surface area contributed by atoms with Crippen molar-refractivity contribution in [2.45, 2.75) is 6.42 Å². The number of rotatable bonds is 3. The molecule has 0 aliphatic carbocycles.